The highest BCUT2D eigenvalue weighted by molar-refractivity contribution is 9.10. The molecular weight excluding hydrogens is 324 g/mol. The van der Waals surface area contributed by atoms with Crippen molar-refractivity contribution >= 4 is 27.8 Å². The van der Waals surface area contributed by atoms with Crippen molar-refractivity contribution < 1.29 is 14.3 Å². The Balaban J connectivity index is 2.89. The Morgan fingerprint density at radius 2 is 2.05 bits per heavy atom. The van der Waals surface area contributed by atoms with Crippen molar-refractivity contribution in [2.75, 3.05) is 19.7 Å². The average molecular weight is 345 g/mol. The number of hydrogen-bond acceptors (Lipinski definition) is 3. The van der Waals surface area contributed by atoms with E-state index in [9.17, 15) is 9.59 Å². The highest BCUT2D eigenvalue weighted by atomic mass is 79.9. The summed E-state index contributed by atoms with van der Waals surface area (Å²) in [6.07, 6.45) is 2.65. The van der Waals surface area contributed by atoms with Crippen LogP contribution in [0.3, 0.4) is 0 Å². The molecule has 0 aliphatic heterocycles. The fraction of sp³-hybridized carbons (Fsp3) is 0.571. The first kappa shape index (κ1) is 16.8. The molecule has 0 saturated carbocycles. The topological polar surface area (TPSA) is 51.5 Å². The molecule has 0 unspecified atom stereocenters. The van der Waals surface area contributed by atoms with Crippen LogP contribution in [0.4, 0.5) is 0 Å². The Labute approximate surface area is 128 Å². The van der Waals surface area contributed by atoms with Crippen molar-refractivity contribution in [2.45, 2.75) is 33.7 Å². The van der Waals surface area contributed by atoms with Crippen LogP contribution in [0.15, 0.2) is 16.7 Å². The standard InChI is InChI=1S/C14H21BrN2O3/c1-4-7-17(10-13(18)20-6-3)14(19)12-8-11(15)9-16(12)5-2/h8-9H,4-7,10H2,1-3H3. The second kappa shape index (κ2) is 8.09. The highest BCUT2D eigenvalue weighted by Gasteiger charge is 2.21. The number of rotatable bonds is 7. The van der Waals surface area contributed by atoms with Crippen molar-refractivity contribution in [2.24, 2.45) is 0 Å². The minimum Gasteiger partial charge on any atom is -0.465 e. The molecule has 1 aromatic heterocycles. The van der Waals surface area contributed by atoms with Crippen molar-refractivity contribution in [3.63, 3.8) is 0 Å². The van der Waals surface area contributed by atoms with Crippen LogP contribution in [-0.2, 0) is 16.1 Å². The van der Waals surface area contributed by atoms with Crippen LogP contribution < -0.4 is 0 Å². The van der Waals surface area contributed by atoms with Gasteiger partial charge in [-0.3, -0.25) is 9.59 Å². The summed E-state index contributed by atoms with van der Waals surface area (Å²) in [5.41, 5.74) is 0.581. The van der Waals surface area contributed by atoms with Crippen molar-refractivity contribution in [1.29, 1.82) is 0 Å². The molecule has 0 bridgehead atoms. The van der Waals surface area contributed by atoms with E-state index >= 15 is 0 Å². The second-order valence-corrected chi connectivity index (χ2v) is 5.28. The lowest BCUT2D eigenvalue weighted by atomic mass is 10.3. The quantitative estimate of drug-likeness (QED) is 0.714. The molecular formula is C14H21BrN2O3. The van der Waals surface area contributed by atoms with Crippen molar-refractivity contribution in [1.82, 2.24) is 9.47 Å². The molecule has 5 nitrogen and oxygen atoms in total. The Morgan fingerprint density at radius 3 is 2.60 bits per heavy atom. The molecule has 1 rings (SSSR count). The third-order valence-corrected chi connectivity index (χ3v) is 3.26. The van der Waals surface area contributed by atoms with E-state index in [2.05, 4.69) is 15.9 Å². The largest absolute Gasteiger partial charge is 0.465 e. The highest BCUT2D eigenvalue weighted by Crippen LogP contribution is 2.17. The molecule has 0 N–H and O–H groups in total. The molecule has 1 heterocycles. The molecule has 1 amide bonds. The van der Waals surface area contributed by atoms with Gasteiger partial charge in [0, 0.05) is 23.8 Å². The van der Waals surface area contributed by atoms with E-state index in [1.807, 2.05) is 24.6 Å². The Bertz CT molecular complexity index is 471. The van der Waals surface area contributed by atoms with Gasteiger partial charge in [0.2, 0.25) is 0 Å². The Hall–Kier alpha value is -1.30. The summed E-state index contributed by atoms with van der Waals surface area (Å²) in [4.78, 5) is 25.7. The maximum Gasteiger partial charge on any atom is 0.325 e. The van der Waals surface area contributed by atoms with Gasteiger partial charge in [0.15, 0.2) is 0 Å². The summed E-state index contributed by atoms with van der Waals surface area (Å²) < 4.78 is 7.64. The number of esters is 1. The van der Waals surface area contributed by atoms with Gasteiger partial charge in [0.05, 0.1) is 6.61 Å². The smallest absolute Gasteiger partial charge is 0.325 e. The third kappa shape index (κ3) is 4.37. The van der Waals surface area contributed by atoms with E-state index in [-0.39, 0.29) is 18.4 Å². The number of carbonyl (C=O) groups is 2. The third-order valence-electron chi connectivity index (χ3n) is 2.83. The van der Waals surface area contributed by atoms with Gasteiger partial charge in [0.25, 0.3) is 5.91 Å². The number of amides is 1. The molecule has 0 aromatic carbocycles. The van der Waals surface area contributed by atoms with Gasteiger partial charge in [-0.25, -0.2) is 0 Å². The first-order chi connectivity index (χ1) is 9.53. The van der Waals surface area contributed by atoms with Crippen LogP contribution in [0, 0.1) is 0 Å². The number of hydrogen-bond donors (Lipinski definition) is 0. The van der Waals surface area contributed by atoms with Gasteiger partial charge in [-0.1, -0.05) is 6.92 Å². The van der Waals surface area contributed by atoms with Gasteiger partial charge < -0.3 is 14.2 Å². The molecule has 0 atom stereocenters. The lowest BCUT2D eigenvalue weighted by Crippen LogP contribution is -2.38. The zero-order chi connectivity index (χ0) is 15.1. The number of ether oxygens (including phenoxy) is 1. The number of carbonyl (C=O) groups excluding carboxylic acids is 2. The monoisotopic (exact) mass is 344 g/mol. The zero-order valence-corrected chi connectivity index (χ0v) is 13.8. The first-order valence-electron chi connectivity index (χ1n) is 6.84. The van der Waals surface area contributed by atoms with Crippen LogP contribution in [0.2, 0.25) is 0 Å². The minimum absolute atomic E-state index is 0.00692. The van der Waals surface area contributed by atoms with E-state index in [1.165, 1.54) is 4.90 Å². The summed E-state index contributed by atoms with van der Waals surface area (Å²) in [7, 11) is 0. The van der Waals surface area contributed by atoms with E-state index in [0.29, 0.717) is 25.4 Å². The number of halogens is 1. The van der Waals surface area contributed by atoms with Gasteiger partial charge in [0.1, 0.15) is 12.2 Å². The molecule has 1 aromatic rings. The molecule has 0 spiro atoms. The fourth-order valence-corrected chi connectivity index (χ4v) is 2.43. The summed E-state index contributed by atoms with van der Waals surface area (Å²) in [5.74, 6) is -0.518. The lowest BCUT2D eigenvalue weighted by molar-refractivity contribution is -0.143. The lowest BCUT2D eigenvalue weighted by Gasteiger charge is -2.21. The van der Waals surface area contributed by atoms with E-state index in [1.54, 1.807) is 13.0 Å². The summed E-state index contributed by atoms with van der Waals surface area (Å²) in [6.45, 7) is 7.25. The van der Waals surface area contributed by atoms with Gasteiger partial charge in [-0.05, 0) is 42.3 Å². The molecule has 0 aliphatic rings. The fourth-order valence-electron chi connectivity index (χ4n) is 1.96. The van der Waals surface area contributed by atoms with E-state index < -0.39 is 0 Å². The molecule has 0 radical (unpaired) electrons. The van der Waals surface area contributed by atoms with Crippen LogP contribution in [-0.4, -0.2) is 41.0 Å². The predicted molar refractivity (Wildman–Crippen MR) is 80.6 cm³/mol. The number of aromatic nitrogens is 1. The summed E-state index contributed by atoms with van der Waals surface area (Å²) in [6, 6.07) is 1.78. The van der Waals surface area contributed by atoms with Crippen LogP contribution >= 0.6 is 15.9 Å². The Morgan fingerprint density at radius 1 is 1.35 bits per heavy atom. The van der Waals surface area contributed by atoms with Crippen molar-refractivity contribution in [3.05, 3.63) is 22.4 Å². The molecule has 20 heavy (non-hydrogen) atoms. The van der Waals surface area contributed by atoms with E-state index in [4.69, 9.17) is 4.74 Å². The average Bonchev–Trinajstić information content (AvgIpc) is 2.79. The maximum absolute atomic E-state index is 12.5. The Kier molecular flexibility index (Phi) is 6.78. The van der Waals surface area contributed by atoms with Gasteiger partial charge in [-0.15, -0.1) is 0 Å². The number of aryl methyl sites for hydroxylation is 1. The molecule has 112 valence electrons. The second-order valence-electron chi connectivity index (χ2n) is 4.36. The molecule has 0 fully saturated rings. The number of nitrogens with zero attached hydrogens (tertiary/aromatic N) is 2. The van der Waals surface area contributed by atoms with Gasteiger partial charge >= 0.3 is 5.97 Å². The van der Waals surface area contributed by atoms with Crippen LogP contribution in [0.5, 0.6) is 0 Å². The maximum atomic E-state index is 12.5. The van der Waals surface area contributed by atoms with E-state index in [0.717, 1.165) is 10.9 Å². The normalized spacial score (nSPS) is 10.4. The predicted octanol–water partition coefficient (Wildman–Crippen LogP) is 2.69. The minimum atomic E-state index is -0.372. The van der Waals surface area contributed by atoms with Crippen molar-refractivity contribution in [3.8, 4) is 0 Å². The molecule has 6 heteroatoms. The van der Waals surface area contributed by atoms with Crippen LogP contribution in [0.1, 0.15) is 37.7 Å². The summed E-state index contributed by atoms with van der Waals surface area (Å²) >= 11 is 3.37. The zero-order valence-electron chi connectivity index (χ0n) is 12.2. The van der Waals surface area contributed by atoms with Crippen LogP contribution in [0.25, 0.3) is 0 Å². The molecule has 0 saturated heterocycles. The SMILES string of the molecule is CCCN(CC(=O)OCC)C(=O)c1cc(Br)cn1CC. The summed E-state index contributed by atoms with van der Waals surface area (Å²) in [5, 5.41) is 0. The molecule has 0 aliphatic carbocycles. The first-order valence-corrected chi connectivity index (χ1v) is 7.63. The van der Waals surface area contributed by atoms with Gasteiger partial charge in [-0.2, -0.15) is 0 Å².